The number of nitrogens with zero attached hydrogens (tertiary/aromatic N) is 1. The minimum Gasteiger partial charge on any atom is -0.389 e. The van der Waals surface area contributed by atoms with Crippen molar-refractivity contribution >= 4 is 29.1 Å². The molecule has 1 aromatic rings. The van der Waals surface area contributed by atoms with Crippen molar-refractivity contribution in [3.05, 3.63) is 22.9 Å². The molecule has 6 N–H and O–H groups in total. The zero-order chi connectivity index (χ0) is 14.5. The Morgan fingerprint density at radius 2 is 2.05 bits per heavy atom. The number of primary amides is 1. The molecule has 0 saturated carbocycles. The molecule has 108 valence electrons. The largest absolute Gasteiger partial charge is 0.389 e. The number of hydrogen-bond donors (Lipinski definition) is 4. The van der Waals surface area contributed by atoms with Gasteiger partial charge in [0.25, 0.3) is 0 Å². The lowest BCUT2D eigenvalue weighted by atomic mass is 9.94. The van der Waals surface area contributed by atoms with Crippen molar-refractivity contribution < 1.29 is 4.79 Å². The summed E-state index contributed by atoms with van der Waals surface area (Å²) >= 11 is 5.08. The number of nitrogens with one attached hydrogen (secondary N) is 2. The number of nitrogens with two attached hydrogens (primary N) is 2. The van der Waals surface area contributed by atoms with Gasteiger partial charge in [-0.05, 0) is 37.3 Å². The first kappa shape index (κ1) is 14.5. The van der Waals surface area contributed by atoms with Crippen LogP contribution in [0.4, 0.5) is 10.6 Å². The van der Waals surface area contributed by atoms with Crippen molar-refractivity contribution in [2.24, 2.45) is 11.5 Å². The summed E-state index contributed by atoms with van der Waals surface area (Å²) in [6, 6.07) is 1.49. The van der Waals surface area contributed by atoms with Crippen LogP contribution in [0.5, 0.6) is 0 Å². The number of thiocarbonyl (C=S) groups is 1. The van der Waals surface area contributed by atoms with Crippen molar-refractivity contribution in [3.63, 3.8) is 0 Å². The molecule has 7 heteroatoms. The van der Waals surface area contributed by atoms with Crippen LogP contribution in [-0.4, -0.2) is 29.1 Å². The molecule has 20 heavy (non-hydrogen) atoms. The highest BCUT2D eigenvalue weighted by Gasteiger charge is 2.16. The second-order valence-electron chi connectivity index (χ2n) is 4.78. The third-order valence-corrected chi connectivity index (χ3v) is 3.50. The summed E-state index contributed by atoms with van der Waals surface area (Å²) in [6.45, 7) is 0.940. The zero-order valence-electron chi connectivity index (χ0n) is 11.2. The number of fused-ring (bicyclic) bond motifs is 1. The number of urea groups is 1. The molecule has 6 nitrogen and oxygen atoms in total. The Morgan fingerprint density at radius 3 is 2.75 bits per heavy atom. The van der Waals surface area contributed by atoms with E-state index in [0.717, 1.165) is 30.5 Å². The van der Waals surface area contributed by atoms with Crippen LogP contribution in [0.2, 0.25) is 0 Å². The number of carbonyl (C=O) groups excluding carboxylic acids is 1. The predicted octanol–water partition coefficient (Wildman–Crippen LogP) is 0.675. The minimum atomic E-state index is -0.542. The highest BCUT2D eigenvalue weighted by atomic mass is 32.1. The molecule has 1 aromatic heterocycles. The smallest absolute Gasteiger partial charge is 0.312 e. The molecule has 0 unspecified atom stereocenters. The van der Waals surface area contributed by atoms with Crippen LogP contribution >= 0.6 is 12.2 Å². The number of carbonyl (C=O) groups is 1. The number of pyridine rings is 1. The Hall–Kier alpha value is -1.89. The highest BCUT2D eigenvalue weighted by Crippen LogP contribution is 2.24. The molecule has 0 aliphatic heterocycles. The molecule has 1 heterocycles. The van der Waals surface area contributed by atoms with Gasteiger partial charge in [0.05, 0.1) is 5.56 Å². The minimum absolute atomic E-state index is 0.330. The van der Waals surface area contributed by atoms with E-state index in [1.807, 2.05) is 6.07 Å². The van der Waals surface area contributed by atoms with Crippen molar-refractivity contribution in [2.75, 3.05) is 18.4 Å². The maximum absolute atomic E-state index is 10.6. The molecular formula is C13H19N5OS. The number of amides is 2. The van der Waals surface area contributed by atoms with E-state index in [2.05, 4.69) is 15.6 Å². The zero-order valence-corrected chi connectivity index (χ0v) is 12.1. The maximum atomic E-state index is 10.6. The summed E-state index contributed by atoms with van der Waals surface area (Å²) in [5, 5.41) is 5.66. The summed E-state index contributed by atoms with van der Waals surface area (Å²) in [4.78, 5) is 15.6. The molecule has 0 aromatic carbocycles. The van der Waals surface area contributed by atoms with Crippen LogP contribution < -0.4 is 22.1 Å². The van der Waals surface area contributed by atoms with E-state index in [-0.39, 0.29) is 0 Å². The van der Waals surface area contributed by atoms with Gasteiger partial charge in [-0.2, -0.15) is 0 Å². The van der Waals surface area contributed by atoms with Crippen molar-refractivity contribution in [1.82, 2.24) is 10.3 Å². The first-order chi connectivity index (χ1) is 9.58. The Labute approximate surface area is 123 Å². The Morgan fingerprint density at radius 1 is 1.30 bits per heavy atom. The number of hydrogen-bond acceptors (Lipinski definition) is 4. The van der Waals surface area contributed by atoms with E-state index in [1.165, 1.54) is 12.0 Å². The first-order valence-electron chi connectivity index (χ1n) is 6.67. The fourth-order valence-corrected chi connectivity index (χ4v) is 2.48. The van der Waals surface area contributed by atoms with E-state index in [1.54, 1.807) is 0 Å². The lowest BCUT2D eigenvalue weighted by Crippen LogP contribution is -2.33. The normalized spacial score (nSPS) is 13.4. The molecular weight excluding hydrogens is 274 g/mol. The summed E-state index contributed by atoms with van der Waals surface area (Å²) in [5.41, 5.74) is 13.9. The molecule has 2 amide bonds. The van der Waals surface area contributed by atoms with Gasteiger partial charge in [-0.3, -0.25) is 0 Å². The highest BCUT2D eigenvalue weighted by molar-refractivity contribution is 7.80. The van der Waals surface area contributed by atoms with Crippen LogP contribution in [0.15, 0.2) is 6.07 Å². The van der Waals surface area contributed by atoms with E-state index in [0.29, 0.717) is 23.9 Å². The monoisotopic (exact) mass is 293 g/mol. The van der Waals surface area contributed by atoms with Crippen LogP contribution in [0.25, 0.3) is 0 Å². The Bertz CT molecular complexity index is 532. The lowest BCUT2D eigenvalue weighted by Gasteiger charge is -2.19. The van der Waals surface area contributed by atoms with E-state index in [9.17, 15) is 4.79 Å². The molecule has 0 atom stereocenters. The molecule has 0 fully saturated rings. The average molecular weight is 293 g/mol. The van der Waals surface area contributed by atoms with Crippen LogP contribution in [0.1, 0.15) is 29.7 Å². The number of aryl methyl sites for hydroxylation is 2. The van der Waals surface area contributed by atoms with Gasteiger partial charge >= 0.3 is 6.03 Å². The van der Waals surface area contributed by atoms with Gasteiger partial charge in [-0.25, -0.2) is 9.78 Å². The summed E-state index contributed by atoms with van der Waals surface area (Å²) in [6.07, 6.45) is 4.36. The van der Waals surface area contributed by atoms with Crippen molar-refractivity contribution in [3.8, 4) is 0 Å². The molecule has 0 bridgehead atoms. The van der Waals surface area contributed by atoms with Gasteiger partial charge in [-0.15, -0.1) is 0 Å². The predicted molar refractivity (Wildman–Crippen MR) is 82.8 cm³/mol. The Kier molecular flexibility index (Phi) is 4.73. The van der Waals surface area contributed by atoms with Gasteiger partial charge in [0.1, 0.15) is 10.8 Å². The quantitative estimate of drug-likeness (QED) is 0.472. The molecule has 2 rings (SSSR count). The summed E-state index contributed by atoms with van der Waals surface area (Å²) in [7, 11) is 0. The fourth-order valence-electron chi connectivity index (χ4n) is 2.32. The van der Waals surface area contributed by atoms with E-state index < -0.39 is 6.03 Å². The standard InChI is InChI=1S/C13H19N5OS/c14-11(20)9-7-8-3-1-2-4-10(8)18-12(9)16-5-6-17-13(15)19/h7H,1-6H2,(H2,14,20)(H,16,18)(H3,15,17,19). The third-order valence-electron chi connectivity index (χ3n) is 3.28. The maximum Gasteiger partial charge on any atom is 0.312 e. The average Bonchev–Trinajstić information content (AvgIpc) is 2.42. The molecule has 0 radical (unpaired) electrons. The van der Waals surface area contributed by atoms with Gasteiger partial charge in [-0.1, -0.05) is 12.2 Å². The van der Waals surface area contributed by atoms with Gasteiger partial charge < -0.3 is 22.1 Å². The summed E-state index contributed by atoms with van der Waals surface area (Å²) < 4.78 is 0. The van der Waals surface area contributed by atoms with E-state index in [4.69, 9.17) is 23.7 Å². The third kappa shape index (κ3) is 3.57. The second-order valence-corrected chi connectivity index (χ2v) is 5.22. The first-order valence-corrected chi connectivity index (χ1v) is 7.08. The lowest BCUT2D eigenvalue weighted by molar-refractivity contribution is 0.249. The SMILES string of the molecule is NC(=O)NCCNc1nc2c(cc1C(N)=S)CCCC2. The second kappa shape index (κ2) is 6.51. The molecule has 1 aliphatic carbocycles. The topological polar surface area (TPSA) is 106 Å². The van der Waals surface area contributed by atoms with Gasteiger partial charge in [0.15, 0.2) is 0 Å². The van der Waals surface area contributed by atoms with Crippen molar-refractivity contribution in [2.45, 2.75) is 25.7 Å². The Balaban J connectivity index is 2.13. The van der Waals surface area contributed by atoms with Crippen LogP contribution in [-0.2, 0) is 12.8 Å². The summed E-state index contributed by atoms with van der Waals surface area (Å²) in [5.74, 6) is 0.685. The van der Waals surface area contributed by atoms with Crippen LogP contribution in [0.3, 0.4) is 0 Å². The fraction of sp³-hybridized carbons (Fsp3) is 0.462. The van der Waals surface area contributed by atoms with Crippen molar-refractivity contribution in [1.29, 1.82) is 0 Å². The van der Waals surface area contributed by atoms with Gasteiger partial charge in [0, 0.05) is 18.8 Å². The number of rotatable bonds is 5. The van der Waals surface area contributed by atoms with E-state index >= 15 is 0 Å². The number of aromatic nitrogens is 1. The molecule has 1 aliphatic rings. The number of anilines is 1. The van der Waals surface area contributed by atoms with Gasteiger partial charge in [0.2, 0.25) is 0 Å². The van der Waals surface area contributed by atoms with Crippen LogP contribution in [0, 0.1) is 0 Å². The molecule has 0 spiro atoms. The molecule has 0 saturated heterocycles.